The van der Waals surface area contributed by atoms with Crippen LogP contribution in [0.1, 0.15) is 11.1 Å². The molecule has 0 aromatic heterocycles. The van der Waals surface area contributed by atoms with Crippen molar-refractivity contribution in [1.82, 2.24) is 0 Å². The second kappa shape index (κ2) is 7.77. The highest BCUT2D eigenvalue weighted by molar-refractivity contribution is 5.93. The van der Waals surface area contributed by atoms with E-state index in [1.165, 1.54) is 0 Å². The number of carbonyl (C=O) groups excluding carboxylic acids is 2. The van der Waals surface area contributed by atoms with Crippen molar-refractivity contribution < 1.29 is 28.5 Å². The topological polar surface area (TPSA) is 83.1 Å². The number of nitrogens with one attached hydrogen (secondary N) is 1. The predicted octanol–water partition coefficient (Wildman–Crippen LogP) is 2.59. The van der Waals surface area contributed by atoms with Crippen LogP contribution in [0.15, 0.2) is 36.4 Å². The zero-order chi connectivity index (χ0) is 18.5. The van der Waals surface area contributed by atoms with E-state index >= 15 is 0 Å². The van der Waals surface area contributed by atoms with Crippen LogP contribution in [0.5, 0.6) is 17.2 Å². The SMILES string of the molecule is Cc1ccc(OCC(=O)OCC(=O)Nc2ccc3c(c2)OCO3)cc1C. The van der Waals surface area contributed by atoms with Crippen molar-refractivity contribution in [2.75, 3.05) is 25.3 Å². The van der Waals surface area contributed by atoms with Crippen molar-refractivity contribution >= 4 is 17.6 Å². The highest BCUT2D eigenvalue weighted by Gasteiger charge is 2.15. The summed E-state index contributed by atoms with van der Waals surface area (Å²) in [5.74, 6) is 0.682. The van der Waals surface area contributed by atoms with E-state index in [0.29, 0.717) is 22.9 Å². The highest BCUT2D eigenvalue weighted by atomic mass is 16.7. The Morgan fingerprint density at radius 3 is 2.62 bits per heavy atom. The second-order valence-corrected chi connectivity index (χ2v) is 5.81. The summed E-state index contributed by atoms with van der Waals surface area (Å²) < 4.78 is 20.7. The summed E-state index contributed by atoms with van der Waals surface area (Å²) in [5.41, 5.74) is 2.74. The molecule has 1 N–H and O–H groups in total. The summed E-state index contributed by atoms with van der Waals surface area (Å²) in [6, 6.07) is 10.5. The van der Waals surface area contributed by atoms with E-state index in [1.807, 2.05) is 26.0 Å². The number of rotatable bonds is 6. The minimum absolute atomic E-state index is 0.158. The molecule has 7 heteroatoms. The average molecular weight is 357 g/mol. The Morgan fingerprint density at radius 1 is 1.00 bits per heavy atom. The number of amides is 1. The Bertz CT molecular complexity index is 833. The van der Waals surface area contributed by atoms with E-state index in [4.69, 9.17) is 18.9 Å². The quantitative estimate of drug-likeness (QED) is 0.800. The van der Waals surface area contributed by atoms with Crippen LogP contribution >= 0.6 is 0 Å². The van der Waals surface area contributed by atoms with Crippen molar-refractivity contribution in [2.24, 2.45) is 0 Å². The fraction of sp³-hybridized carbons (Fsp3) is 0.263. The minimum atomic E-state index is -0.621. The summed E-state index contributed by atoms with van der Waals surface area (Å²) in [6.45, 7) is 3.45. The molecule has 26 heavy (non-hydrogen) atoms. The number of anilines is 1. The van der Waals surface area contributed by atoms with E-state index in [-0.39, 0.29) is 13.4 Å². The van der Waals surface area contributed by atoms with Gasteiger partial charge >= 0.3 is 5.97 Å². The molecule has 7 nitrogen and oxygen atoms in total. The number of esters is 1. The molecule has 0 saturated heterocycles. The van der Waals surface area contributed by atoms with Crippen molar-refractivity contribution in [3.8, 4) is 17.2 Å². The lowest BCUT2D eigenvalue weighted by Gasteiger charge is -2.09. The zero-order valence-corrected chi connectivity index (χ0v) is 14.5. The Kier molecular flexibility index (Phi) is 5.26. The normalized spacial score (nSPS) is 11.8. The summed E-state index contributed by atoms with van der Waals surface area (Å²) >= 11 is 0. The van der Waals surface area contributed by atoms with Gasteiger partial charge in [0, 0.05) is 11.8 Å². The lowest BCUT2D eigenvalue weighted by Crippen LogP contribution is -2.23. The molecule has 1 heterocycles. The fourth-order valence-electron chi connectivity index (χ4n) is 2.31. The van der Waals surface area contributed by atoms with E-state index in [9.17, 15) is 9.59 Å². The molecular weight excluding hydrogens is 338 g/mol. The van der Waals surface area contributed by atoms with Crippen LogP contribution in [-0.4, -0.2) is 31.9 Å². The molecule has 3 rings (SSSR count). The molecule has 0 unspecified atom stereocenters. The Balaban J connectivity index is 1.42. The first kappa shape index (κ1) is 17.6. The molecular formula is C19H19NO6. The van der Waals surface area contributed by atoms with Gasteiger partial charge in [0.15, 0.2) is 24.7 Å². The average Bonchev–Trinajstić information content (AvgIpc) is 3.08. The van der Waals surface area contributed by atoms with Gasteiger partial charge in [0.1, 0.15) is 5.75 Å². The Hall–Kier alpha value is -3.22. The maximum Gasteiger partial charge on any atom is 0.344 e. The van der Waals surface area contributed by atoms with E-state index in [1.54, 1.807) is 24.3 Å². The summed E-state index contributed by atoms with van der Waals surface area (Å²) in [4.78, 5) is 23.6. The molecule has 0 radical (unpaired) electrons. The predicted molar refractivity (Wildman–Crippen MR) is 93.6 cm³/mol. The zero-order valence-electron chi connectivity index (χ0n) is 14.5. The van der Waals surface area contributed by atoms with Gasteiger partial charge in [-0.3, -0.25) is 4.79 Å². The number of hydrogen-bond acceptors (Lipinski definition) is 6. The molecule has 1 aliphatic rings. The van der Waals surface area contributed by atoms with Gasteiger partial charge < -0.3 is 24.3 Å². The van der Waals surface area contributed by atoms with Crippen molar-refractivity contribution in [1.29, 1.82) is 0 Å². The van der Waals surface area contributed by atoms with E-state index < -0.39 is 18.5 Å². The van der Waals surface area contributed by atoms with Crippen molar-refractivity contribution in [3.05, 3.63) is 47.5 Å². The largest absolute Gasteiger partial charge is 0.482 e. The number of hydrogen-bond donors (Lipinski definition) is 1. The number of ether oxygens (including phenoxy) is 4. The Labute approximate surface area is 150 Å². The number of aryl methyl sites for hydroxylation is 2. The lowest BCUT2D eigenvalue weighted by atomic mass is 10.1. The van der Waals surface area contributed by atoms with Gasteiger partial charge in [0.2, 0.25) is 6.79 Å². The summed E-state index contributed by atoms with van der Waals surface area (Å²) in [5, 5.41) is 2.62. The van der Waals surface area contributed by atoms with Crippen molar-refractivity contribution in [3.63, 3.8) is 0 Å². The maximum absolute atomic E-state index is 11.9. The lowest BCUT2D eigenvalue weighted by molar-refractivity contribution is -0.149. The van der Waals surface area contributed by atoms with Gasteiger partial charge in [-0.1, -0.05) is 6.07 Å². The van der Waals surface area contributed by atoms with Crippen LogP contribution in [0, 0.1) is 13.8 Å². The van der Waals surface area contributed by atoms with E-state index in [2.05, 4.69) is 5.32 Å². The van der Waals surface area contributed by atoms with Crippen LogP contribution in [0.2, 0.25) is 0 Å². The summed E-state index contributed by atoms with van der Waals surface area (Å²) in [7, 11) is 0. The molecule has 2 aromatic rings. The molecule has 0 fully saturated rings. The number of fused-ring (bicyclic) bond motifs is 1. The van der Waals surface area contributed by atoms with Gasteiger partial charge in [-0.15, -0.1) is 0 Å². The van der Waals surface area contributed by atoms with E-state index in [0.717, 1.165) is 11.1 Å². The third-order valence-electron chi connectivity index (χ3n) is 3.86. The molecule has 0 atom stereocenters. The molecule has 1 aliphatic heterocycles. The van der Waals surface area contributed by atoms with Gasteiger partial charge in [-0.25, -0.2) is 4.79 Å². The van der Waals surface area contributed by atoms with Gasteiger partial charge in [-0.2, -0.15) is 0 Å². The molecule has 0 aliphatic carbocycles. The first-order chi connectivity index (χ1) is 12.5. The van der Waals surface area contributed by atoms with Gasteiger partial charge in [0.25, 0.3) is 5.91 Å². The first-order valence-corrected chi connectivity index (χ1v) is 8.06. The van der Waals surface area contributed by atoms with Crippen LogP contribution in [0.25, 0.3) is 0 Å². The molecule has 136 valence electrons. The molecule has 0 bridgehead atoms. The molecule has 1 amide bonds. The van der Waals surface area contributed by atoms with Crippen LogP contribution < -0.4 is 19.5 Å². The third kappa shape index (κ3) is 4.44. The fourth-order valence-corrected chi connectivity index (χ4v) is 2.31. The smallest absolute Gasteiger partial charge is 0.344 e. The minimum Gasteiger partial charge on any atom is -0.482 e. The molecule has 0 spiro atoms. The molecule has 0 saturated carbocycles. The highest BCUT2D eigenvalue weighted by Crippen LogP contribution is 2.34. The third-order valence-corrected chi connectivity index (χ3v) is 3.86. The first-order valence-electron chi connectivity index (χ1n) is 8.06. The summed E-state index contributed by atoms with van der Waals surface area (Å²) in [6.07, 6.45) is 0. The van der Waals surface area contributed by atoms with Gasteiger partial charge in [0.05, 0.1) is 0 Å². The standard InChI is InChI=1S/C19H19NO6/c1-12-3-5-15(7-13(12)2)23-10-19(22)24-9-18(21)20-14-4-6-16-17(8-14)26-11-25-16/h3-8H,9-11H2,1-2H3,(H,20,21). The number of benzene rings is 2. The maximum atomic E-state index is 11.9. The monoisotopic (exact) mass is 357 g/mol. The van der Waals surface area contributed by atoms with Crippen molar-refractivity contribution in [2.45, 2.75) is 13.8 Å². The second-order valence-electron chi connectivity index (χ2n) is 5.81. The van der Waals surface area contributed by atoms with Crippen LogP contribution in [0.4, 0.5) is 5.69 Å². The van der Waals surface area contributed by atoms with Crippen LogP contribution in [-0.2, 0) is 14.3 Å². The molecule has 2 aromatic carbocycles. The van der Waals surface area contributed by atoms with Gasteiger partial charge in [-0.05, 0) is 49.2 Å². The van der Waals surface area contributed by atoms with Crippen LogP contribution in [0.3, 0.4) is 0 Å². The Morgan fingerprint density at radius 2 is 1.81 bits per heavy atom. The number of carbonyl (C=O) groups is 2.